The number of hydrogen-bond acceptors (Lipinski definition) is 6. The van der Waals surface area contributed by atoms with Crippen LogP contribution in [0.4, 0.5) is 17.1 Å². The number of thiazole rings is 1. The number of carbonyl (C=O) groups is 1. The zero-order chi connectivity index (χ0) is 22.9. The van der Waals surface area contributed by atoms with E-state index in [4.69, 9.17) is 10.1 Å². The standard InChI is InChI=1S/C24H17N5O3S/c1-27-20-10-6-5-9-19(20)22(23(27)30)26-28-21(16-11-13-18(14-12-16)29(31)32)15-33-24(28)25-17-7-3-2-4-8-17/h2-15H,1H3. The van der Waals surface area contributed by atoms with Gasteiger partial charge in [0.05, 0.1) is 22.0 Å². The van der Waals surface area contributed by atoms with Crippen LogP contribution in [0.5, 0.6) is 0 Å². The first-order chi connectivity index (χ1) is 16.0. The number of fused-ring (bicyclic) bond motifs is 1. The average Bonchev–Trinajstić information content (AvgIpc) is 3.34. The van der Waals surface area contributed by atoms with Crippen molar-refractivity contribution in [1.29, 1.82) is 0 Å². The number of nitrogens with zero attached hydrogens (tertiary/aromatic N) is 5. The number of nitro groups is 1. The molecule has 1 aliphatic rings. The first-order valence-electron chi connectivity index (χ1n) is 10.0. The number of nitro benzene ring substituents is 1. The number of non-ortho nitro benzene ring substituents is 1. The van der Waals surface area contributed by atoms with E-state index in [1.807, 2.05) is 60.0 Å². The van der Waals surface area contributed by atoms with E-state index < -0.39 is 4.92 Å². The third-order valence-electron chi connectivity index (χ3n) is 5.27. The molecule has 0 fully saturated rings. The largest absolute Gasteiger partial charge is 0.309 e. The maximum atomic E-state index is 13.0. The molecule has 1 aromatic heterocycles. The molecule has 1 amide bonds. The van der Waals surface area contributed by atoms with Crippen LogP contribution in [0.2, 0.25) is 0 Å². The lowest BCUT2D eigenvalue weighted by molar-refractivity contribution is -0.384. The summed E-state index contributed by atoms with van der Waals surface area (Å²) in [5.74, 6) is -0.213. The zero-order valence-electron chi connectivity index (χ0n) is 17.5. The van der Waals surface area contributed by atoms with Gasteiger partial charge < -0.3 is 4.90 Å². The summed E-state index contributed by atoms with van der Waals surface area (Å²) in [6.45, 7) is 0. The van der Waals surface area contributed by atoms with Gasteiger partial charge in [-0.05, 0) is 30.3 Å². The van der Waals surface area contributed by atoms with Crippen molar-refractivity contribution in [3.8, 4) is 11.3 Å². The molecule has 3 aromatic carbocycles. The zero-order valence-corrected chi connectivity index (χ0v) is 18.3. The minimum atomic E-state index is -0.439. The van der Waals surface area contributed by atoms with E-state index in [0.29, 0.717) is 16.2 Å². The molecule has 4 aromatic rings. The number of likely N-dealkylation sites (N-methyl/N-ethyl adjacent to an activating group) is 1. The Hall–Kier alpha value is -4.37. The molecule has 8 nitrogen and oxygen atoms in total. The van der Waals surface area contributed by atoms with E-state index in [9.17, 15) is 14.9 Å². The van der Waals surface area contributed by atoms with Crippen LogP contribution in [0.3, 0.4) is 0 Å². The molecule has 0 radical (unpaired) electrons. The molecule has 1 aliphatic heterocycles. The molecule has 0 saturated carbocycles. The molecular formula is C24H17N5O3S. The van der Waals surface area contributed by atoms with Crippen LogP contribution in [0, 0.1) is 10.1 Å². The lowest BCUT2D eigenvalue weighted by Crippen LogP contribution is -2.27. The Kier molecular flexibility index (Phi) is 5.15. The summed E-state index contributed by atoms with van der Waals surface area (Å²) in [7, 11) is 1.72. The van der Waals surface area contributed by atoms with Crippen molar-refractivity contribution in [2.45, 2.75) is 0 Å². The predicted molar refractivity (Wildman–Crippen MR) is 128 cm³/mol. The third kappa shape index (κ3) is 3.74. The molecule has 0 bridgehead atoms. The minimum absolute atomic E-state index is 0.00237. The molecular weight excluding hydrogens is 438 g/mol. The highest BCUT2D eigenvalue weighted by atomic mass is 32.1. The summed E-state index contributed by atoms with van der Waals surface area (Å²) >= 11 is 1.37. The van der Waals surface area contributed by atoms with Gasteiger partial charge in [0, 0.05) is 35.7 Å². The molecule has 9 heteroatoms. The van der Waals surface area contributed by atoms with Crippen LogP contribution in [0.15, 0.2) is 94.3 Å². The van der Waals surface area contributed by atoms with E-state index in [2.05, 4.69) is 0 Å². The number of rotatable bonds is 4. The molecule has 0 spiro atoms. The van der Waals surface area contributed by atoms with E-state index >= 15 is 0 Å². The second kappa shape index (κ2) is 8.29. The van der Waals surface area contributed by atoms with Crippen molar-refractivity contribution < 1.29 is 9.72 Å². The summed E-state index contributed by atoms with van der Waals surface area (Å²) in [4.78, 5) is 30.5. The topological polar surface area (TPSA) is 93.1 Å². The van der Waals surface area contributed by atoms with Gasteiger partial charge in [0.25, 0.3) is 11.6 Å². The average molecular weight is 455 g/mol. The van der Waals surface area contributed by atoms with Crippen molar-refractivity contribution in [2.24, 2.45) is 10.1 Å². The highest BCUT2D eigenvalue weighted by Gasteiger charge is 2.31. The number of carbonyl (C=O) groups excluding carboxylic acids is 1. The number of para-hydroxylation sites is 2. The summed E-state index contributed by atoms with van der Waals surface area (Å²) in [6, 6.07) is 23.2. The molecule has 33 heavy (non-hydrogen) atoms. The fraction of sp³-hybridized carbons (Fsp3) is 0.0417. The van der Waals surface area contributed by atoms with Crippen LogP contribution in [0.1, 0.15) is 5.56 Å². The van der Waals surface area contributed by atoms with Gasteiger partial charge >= 0.3 is 0 Å². The Bertz CT molecular complexity index is 1470. The maximum Gasteiger partial charge on any atom is 0.279 e. The Morgan fingerprint density at radius 2 is 1.64 bits per heavy atom. The van der Waals surface area contributed by atoms with E-state index in [0.717, 1.165) is 22.5 Å². The molecule has 0 atom stereocenters. The molecule has 0 saturated heterocycles. The molecule has 5 rings (SSSR count). The summed E-state index contributed by atoms with van der Waals surface area (Å²) < 4.78 is 1.63. The number of benzene rings is 3. The highest BCUT2D eigenvalue weighted by Crippen LogP contribution is 2.29. The quantitative estimate of drug-likeness (QED) is 0.333. The number of amides is 1. The fourth-order valence-corrected chi connectivity index (χ4v) is 4.44. The van der Waals surface area contributed by atoms with E-state index in [1.165, 1.54) is 23.5 Å². The highest BCUT2D eigenvalue weighted by molar-refractivity contribution is 7.07. The number of anilines is 1. The second-order valence-corrected chi connectivity index (χ2v) is 8.13. The van der Waals surface area contributed by atoms with Gasteiger partial charge in [-0.15, -0.1) is 11.3 Å². The van der Waals surface area contributed by atoms with Gasteiger partial charge in [-0.25, -0.2) is 9.67 Å². The minimum Gasteiger partial charge on any atom is -0.309 e. The molecule has 0 aliphatic carbocycles. The van der Waals surface area contributed by atoms with Gasteiger partial charge in [0.15, 0.2) is 5.71 Å². The smallest absolute Gasteiger partial charge is 0.279 e. The Morgan fingerprint density at radius 1 is 0.939 bits per heavy atom. The van der Waals surface area contributed by atoms with E-state index in [1.54, 1.807) is 28.8 Å². The lowest BCUT2D eigenvalue weighted by atomic mass is 10.1. The Labute approximate surface area is 192 Å². The van der Waals surface area contributed by atoms with Crippen LogP contribution in [-0.2, 0) is 4.79 Å². The first-order valence-corrected chi connectivity index (χ1v) is 10.9. The van der Waals surface area contributed by atoms with Crippen molar-refractivity contribution in [3.63, 3.8) is 0 Å². The van der Waals surface area contributed by atoms with Crippen LogP contribution < -0.4 is 9.70 Å². The van der Waals surface area contributed by atoms with Crippen molar-refractivity contribution in [2.75, 3.05) is 11.9 Å². The molecule has 0 unspecified atom stereocenters. The van der Waals surface area contributed by atoms with Crippen LogP contribution in [0.25, 0.3) is 11.3 Å². The van der Waals surface area contributed by atoms with Crippen molar-refractivity contribution >= 4 is 40.0 Å². The van der Waals surface area contributed by atoms with Gasteiger partial charge in [0.2, 0.25) is 4.80 Å². The fourth-order valence-electron chi connectivity index (χ4n) is 3.59. The maximum absolute atomic E-state index is 13.0. The third-order valence-corrected chi connectivity index (χ3v) is 6.08. The second-order valence-electron chi connectivity index (χ2n) is 7.30. The molecule has 162 valence electrons. The first kappa shape index (κ1) is 20.5. The van der Waals surface area contributed by atoms with Gasteiger partial charge in [-0.1, -0.05) is 36.4 Å². The number of hydrogen-bond donors (Lipinski definition) is 0. The van der Waals surface area contributed by atoms with Crippen LogP contribution in [-0.4, -0.2) is 28.3 Å². The lowest BCUT2D eigenvalue weighted by Gasteiger charge is -2.07. The Balaban J connectivity index is 1.72. The Morgan fingerprint density at radius 3 is 2.36 bits per heavy atom. The SMILES string of the molecule is CN1C(=O)C(=Nn2c(-c3ccc([N+](=O)[O-])cc3)csc2=Nc2ccccc2)c2ccccc21. The summed E-state index contributed by atoms with van der Waals surface area (Å²) in [5, 5.41) is 17.7. The predicted octanol–water partition coefficient (Wildman–Crippen LogP) is 4.59. The summed E-state index contributed by atoms with van der Waals surface area (Å²) in [5.41, 5.74) is 3.99. The summed E-state index contributed by atoms with van der Waals surface area (Å²) in [6.07, 6.45) is 0. The van der Waals surface area contributed by atoms with Crippen molar-refractivity contribution in [3.05, 3.63) is 105 Å². The normalized spacial score (nSPS) is 14.7. The number of aromatic nitrogens is 1. The van der Waals surface area contributed by atoms with Gasteiger partial charge in [0.1, 0.15) is 0 Å². The molecule has 2 heterocycles. The van der Waals surface area contributed by atoms with Crippen molar-refractivity contribution in [1.82, 2.24) is 4.68 Å². The van der Waals surface area contributed by atoms with E-state index in [-0.39, 0.29) is 11.6 Å². The van der Waals surface area contributed by atoms with Gasteiger partial charge in [-0.2, -0.15) is 5.10 Å². The monoisotopic (exact) mass is 455 g/mol. The van der Waals surface area contributed by atoms with Gasteiger partial charge in [-0.3, -0.25) is 14.9 Å². The molecule has 0 N–H and O–H groups in total. The van der Waals surface area contributed by atoms with Crippen LogP contribution >= 0.6 is 11.3 Å².